The van der Waals surface area contributed by atoms with Crippen molar-refractivity contribution in [2.24, 2.45) is 5.73 Å². The van der Waals surface area contributed by atoms with Crippen molar-refractivity contribution >= 4 is 16.9 Å². The van der Waals surface area contributed by atoms with Crippen molar-refractivity contribution in [3.05, 3.63) is 58.4 Å². The number of halogens is 1. The normalized spacial score (nSPS) is 12.2. The SMILES string of the molecule is Cc1cc(C)c([C@H](C)SC(=N)N)c(-c2ccc(F)c(C)c2)c1. The third-order valence-electron chi connectivity index (χ3n) is 3.71. The number of nitrogens with two attached hydrogens (primary N) is 1. The van der Waals surface area contributed by atoms with E-state index in [9.17, 15) is 4.39 Å². The molecule has 0 amide bonds. The van der Waals surface area contributed by atoms with Crippen LogP contribution < -0.4 is 5.73 Å². The maximum absolute atomic E-state index is 13.6. The molecule has 2 rings (SSSR count). The van der Waals surface area contributed by atoms with E-state index in [4.69, 9.17) is 11.1 Å². The minimum absolute atomic E-state index is 0.0680. The molecule has 3 N–H and O–H groups in total. The molecular formula is C18H21FN2S. The number of rotatable bonds is 3. The lowest BCUT2D eigenvalue weighted by atomic mass is 9.91. The number of thioether (sulfide) groups is 1. The maximum Gasteiger partial charge on any atom is 0.151 e. The first-order valence-corrected chi connectivity index (χ1v) is 8.06. The molecule has 0 heterocycles. The van der Waals surface area contributed by atoms with Crippen LogP contribution in [0.1, 0.15) is 34.4 Å². The van der Waals surface area contributed by atoms with Gasteiger partial charge in [0.15, 0.2) is 5.17 Å². The lowest BCUT2D eigenvalue weighted by Crippen LogP contribution is -2.08. The molecule has 0 unspecified atom stereocenters. The molecule has 0 bridgehead atoms. The highest BCUT2D eigenvalue weighted by Crippen LogP contribution is 2.38. The van der Waals surface area contributed by atoms with Crippen LogP contribution in [0.15, 0.2) is 30.3 Å². The Kier molecular flexibility index (Phi) is 4.91. The molecule has 0 radical (unpaired) electrons. The second-order valence-corrected chi connectivity index (χ2v) is 7.01. The zero-order valence-electron chi connectivity index (χ0n) is 13.3. The molecule has 0 aliphatic rings. The van der Waals surface area contributed by atoms with Crippen LogP contribution in [-0.4, -0.2) is 5.17 Å². The highest BCUT2D eigenvalue weighted by atomic mass is 32.2. The first kappa shape index (κ1) is 16.6. The van der Waals surface area contributed by atoms with E-state index in [0.717, 1.165) is 16.7 Å². The van der Waals surface area contributed by atoms with E-state index < -0.39 is 0 Å². The molecule has 0 aliphatic heterocycles. The number of aryl methyl sites for hydroxylation is 3. The molecule has 0 saturated heterocycles. The monoisotopic (exact) mass is 316 g/mol. The van der Waals surface area contributed by atoms with Crippen molar-refractivity contribution in [2.45, 2.75) is 32.9 Å². The molecule has 0 aromatic heterocycles. The van der Waals surface area contributed by atoms with Crippen LogP contribution >= 0.6 is 11.8 Å². The van der Waals surface area contributed by atoms with Gasteiger partial charge in [0, 0.05) is 5.25 Å². The summed E-state index contributed by atoms with van der Waals surface area (Å²) in [6, 6.07) is 9.44. The van der Waals surface area contributed by atoms with Crippen molar-refractivity contribution in [1.82, 2.24) is 0 Å². The summed E-state index contributed by atoms with van der Waals surface area (Å²) in [5, 5.41) is 7.69. The molecule has 0 fully saturated rings. The summed E-state index contributed by atoms with van der Waals surface area (Å²) in [5.74, 6) is -0.194. The average Bonchev–Trinajstić information content (AvgIpc) is 2.39. The zero-order valence-corrected chi connectivity index (χ0v) is 14.1. The van der Waals surface area contributed by atoms with E-state index >= 15 is 0 Å². The summed E-state index contributed by atoms with van der Waals surface area (Å²) < 4.78 is 13.6. The molecule has 2 aromatic rings. The Bertz CT molecular complexity index is 725. The topological polar surface area (TPSA) is 49.9 Å². The summed E-state index contributed by atoms with van der Waals surface area (Å²) in [6.07, 6.45) is 0. The summed E-state index contributed by atoms with van der Waals surface area (Å²) in [5.41, 5.74) is 11.7. The van der Waals surface area contributed by atoms with Gasteiger partial charge in [-0.25, -0.2) is 4.39 Å². The first-order valence-electron chi connectivity index (χ1n) is 7.18. The lowest BCUT2D eigenvalue weighted by molar-refractivity contribution is 0.619. The van der Waals surface area contributed by atoms with Gasteiger partial charge in [-0.1, -0.05) is 35.5 Å². The highest BCUT2D eigenvalue weighted by Gasteiger charge is 2.17. The summed E-state index contributed by atoms with van der Waals surface area (Å²) in [4.78, 5) is 0. The lowest BCUT2D eigenvalue weighted by Gasteiger charge is -2.20. The van der Waals surface area contributed by atoms with Gasteiger partial charge in [0.2, 0.25) is 0 Å². The van der Waals surface area contributed by atoms with Gasteiger partial charge in [-0.3, -0.25) is 5.41 Å². The molecule has 116 valence electrons. The van der Waals surface area contributed by atoms with Crippen molar-refractivity contribution in [3.63, 3.8) is 0 Å². The summed E-state index contributed by atoms with van der Waals surface area (Å²) in [7, 11) is 0. The number of amidine groups is 1. The van der Waals surface area contributed by atoms with Crippen LogP contribution in [0.3, 0.4) is 0 Å². The molecule has 0 saturated carbocycles. The van der Waals surface area contributed by atoms with Crippen molar-refractivity contribution in [1.29, 1.82) is 5.41 Å². The zero-order chi connectivity index (χ0) is 16.4. The third kappa shape index (κ3) is 3.50. The fourth-order valence-corrected chi connectivity index (χ4v) is 3.63. The average molecular weight is 316 g/mol. The number of nitrogens with one attached hydrogen (secondary N) is 1. The van der Waals surface area contributed by atoms with Gasteiger partial charge in [0.1, 0.15) is 5.82 Å². The van der Waals surface area contributed by atoms with Crippen LogP contribution in [0, 0.1) is 32.0 Å². The number of benzene rings is 2. The van der Waals surface area contributed by atoms with Crippen LogP contribution in [0.4, 0.5) is 4.39 Å². The van der Waals surface area contributed by atoms with Crippen LogP contribution in [0.25, 0.3) is 11.1 Å². The van der Waals surface area contributed by atoms with Gasteiger partial charge >= 0.3 is 0 Å². The fraction of sp³-hybridized carbons (Fsp3) is 0.278. The Morgan fingerprint density at radius 3 is 2.41 bits per heavy atom. The van der Waals surface area contributed by atoms with Gasteiger partial charge in [0.05, 0.1) is 0 Å². The van der Waals surface area contributed by atoms with Crippen LogP contribution in [0.5, 0.6) is 0 Å². The Morgan fingerprint density at radius 1 is 1.14 bits per heavy atom. The Morgan fingerprint density at radius 2 is 1.82 bits per heavy atom. The van der Waals surface area contributed by atoms with Gasteiger partial charge in [-0.05, 0) is 67.6 Å². The minimum Gasteiger partial charge on any atom is -0.379 e. The second-order valence-electron chi connectivity index (χ2n) is 5.63. The number of hydrogen-bond acceptors (Lipinski definition) is 2. The van der Waals surface area contributed by atoms with E-state index in [1.807, 2.05) is 19.1 Å². The van der Waals surface area contributed by atoms with Gasteiger partial charge in [0.25, 0.3) is 0 Å². The Labute approximate surface area is 135 Å². The van der Waals surface area contributed by atoms with Crippen LogP contribution in [-0.2, 0) is 0 Å². The molecule has 0 aliphatic carbocycles. The van der Waals surface area contributed by atoms with Crippen molar-refractivity contribution in [2.75, 3.05) is 0 Å². The largest absolute Gasteiger partial charge is 0.379 e. The quantitative estimate of drug-likeness (QED) is 0.611. The fourth-order valence-electron chi connectivity index (χ4n) is 2.82. The second kappa shape index (κ2) is 6.53. The van der Waals surface area contributed by atoms with Crippen molar-refractivity contribution in [3.8, 4) is 11.1 Å². The van der Waals surface area contributed by atoms with E-state index in [1.54, 1.807) is 6.92 Å². The van der Waals surface area contributed by atoms with E-state index in [2.05, 4.69) is 26.0 Å². The van der Waals surface area contributed by atoms with Gasteiger partial charge in [-0.15, -0.1) is 0 Å². The first-order chi connectivity index (χ1) is 10.3. The predicted octanol–water partition coefficient (Wildman–Crippen LogP) is 5.11. The molecule has 2 aromatic carbocycles. The standard InChI is InChI=1S/C18H21FN2S/c1-10-7-12(3)17(13(4)22-18(20)21)15(8-10)14-5-6-16(19)11(2)9-14/h5-9,13H,1-4H3,(H3,20,21)/t13-/m0/s1. The molecule has 0 spiro atoms. The van der Waals surface area contributed by atoms with E-state index in [-0.39, 0.29) is 16.2 Å². The molecule has 22 heavy (non-hydrogen) atoms. The maximum atomic E-state index is 13.6. The third-order valence-corrected chi connectivity index (χ3v) is 4.55. The van der Waals surface area contributed by atoms with Crippen LogP contribution in [0.2, 0.25) is 0 Å². The van der Waals surface area contributed by atoms with Gasteiger partial charge in [-0.2, -0.15) is 0 Å². The number of hydrogen-bond donors (Lipinski definition) is 2. The summed E-state index contributed by atoms with van der Waals surface area (Å²) in [6.45, 7) is 7.94. The summed E-state index contributed by atoms with van der Waals surface area (Å²) >= 11 is 1.33. The van der Waals surface area contributed by atoms with Gasteiger partial charge < -0.3 is 5.73 Å². The smallest absolute Gasteiger partial charge is 0.151 e. The predicted molar refractivity (Wildman–Crippen MR) is 94.0 cm³/mol. The van der Waals surface area contributed by atoms with E-state index in [1.165, 1.54) is 29.0 Å². The van der Waals surface area contributed by atoms with E-state index in [0.29, 0.717) is 5.56 Å². The minimum atomic E-state index is -0.194. The van der Waals surface area contributed by atoms with Crippen molar-refractivity contribution < 1.29 is 4.39 Å². The molecule has 4 heteroatoms. The highest BCUT2D eigenvalue weighted by molar-refractivity contribution is 8.13. The molecule has 2 nitrogen and oxygen atoms in total. The molecule has 1 atom stereocenters. The molecular weight excluding hydrogens is 295 g/mol. The Hall–Kier alpha value is -1.81. The Balaban J connectivity index is 2.62.